The summed E-state index contributed by atoms with van der Waals surface area (Å²) in [6.07, 6.45) is 2.39. The maximum atomic E-state index is 12.4. The number of hydrogen-bond donors (Lipinski definition) is 0. The Morgan fingerprint density at radius 1 is 1.48 bits per heavy atom. The van der Waals surface area contributed by atoms with E-state index in [1.54, 1.807) is 11.3 Å². The second-order valence-corrected chi connectivity index (χ2v) is 7.32. The lowest BCUT2D eigenvalue weighted by Gasteiger charge is -2.18. The molecule has 2 saturated heterocycles. The largest absolute Gasteiger partial charge is 0.372 e. The van der Waals surface area contributed by atoms with Crippen molar-refractivity contribution in [3.8, 4) is 0 Å². The molecule has 0 N–H and O–H groups in total. The summed E-state index contributed by atoms with van der Waals surface area (Å²) >= 11 is 1.63. The molecule has 23 heavy (non-hydrogen) atoms. The zero-order valence-electron chi connectivity index (χ0n) is 13.0. The molecule has 2 aliphatic heterocycles. The summed E-state index contributed by atoms with van der Waals surface area (Å²) in [6, 6.07) is 4.00. The average Bonchev–Trinajstić information content (AvgIpc) is 3.23. The van der Waals surface area contributed by atoms with Crippen LogP contribution >= 0.6 is 11.3 Å². The van der Waals surface area contributed by atoms with Crippen molar-refractivity contribution in [3.05, 3.63) is 34.1 Å². The Morgan fingerprint density at radius 2 is 2.39 bits per heavy atom. The van der Waals surface area contributed by atoms with Crippen LogP contribution in [0.4, 0.5) is 0 Å². The van der Waals surface area contributed by atoms with Gasteiger partial charge in [-0.1, -0.05) is 11.2 Å². The van der Waals surface area contributed by atoms with Crippen molar-refractivity contribution in [1.82, 2.24) is 15.0 Å². The van der Waals surface area contributed by atoms with Gasteiger partial charge < -0.3 is 14.2 Å². The van der Waals surface area contributed by atoms with Gasteiger partial charge in [0.2, 0.25) is 11.8 Å². The summed E-state index contributed by atoms with van der Waals surface area (Å²) in [5.41, 5.74) is 0. The van der Waals surface area contributed by atoms with Crippen LogP contribution in [0.2, 0.25) is 0 Å². The molecule has 0 unspecified atom stereocenters. The molecule has 0 aliphatic carbocycles. The van der Waals surface area contributed by atoms with Gasteiger partial charge >= 0.3 is 0 Å². The number of hydrogen-bond acceptors (Lipinski definition) is 6. The Hall–Kier alpha value is -1.73. The molecular formula is C16H19N3O3S. The third kappa shape index (κ3) is 3.16. The second kappa shape index (κ2) is 6.05. The number of thiophene rings is 1. The lowest BCUT2D eigenvalue weighted by molar-refractivity contribution is -0.130. The third-order valence-electron chi connectivity index (χ3n) is 4.54. The lowest BCUT2D eigenvalue weighted by Crippen LogP contribution is -2.32. The maximum Gasteiger partial charge on any atom is 0.229 e. The van der Waals surface area contributed by atoms with E-state index in [2.05, 4.69) is 10.1 Å². The highest BCUT2D eigenvalue weighted by molar-refractivity contribution is 7.10. The highest BCUT2D eigenvalue weighted by Gasteiger charge is 2.43. The molecule has 3 atom stereocenters. The number of amides is 1. The fourth-order valence-electron chi connectivity index (χ4n) is 3.49. The van der Waals surface area contributed by atoms with Crippen molar-refractivity contribution >= 4 is 17.2 Å². The van der Waals surface area contributed by atoms with E-state index >= 15 is 0 Å². The molecule has 0 saturated carbocycles. The maximum absolute atomic E-state index is 12.4. The van der Waals surface area contributed by atoms with Gasteiger partial charge in [-0.3, -0.25) is 4.79 Å². The fourth-order valence-corrected chi connectivity index (χ4v) is 4.19. The number of rotatable bonds is 4. The van der Waals surface area contributed by atoms with Crippen molar-refractivity contribution in [2.45, 2.75) is 38.4 Å². The van der Waals surface area contributed by atoms with Crippen LogP contribution in [0.5, 0.6) is 0 Å². The number of fused-ring (bicyclic) bond motifs is 1. The first kappa shape index (κ1) is 14.8. The molecule has 7 heteroatoms. The van der Waals surface area contributed by atoms with E-state index in [1.165, 1.54) is 0 Å². The van der Waals surface area contributed by atoms with Crippen molar-refractivity contribution < 1.29 is 14.1 Å². The minimum absolute atomic E-state index is 0.124. The van der Waals surface area contributed by atoms with Gasteiger partial charge in [0.25, 0.3) is 0 Å². The summed E-state index contributed by atoms with van der Waals surface area (Å²) in [5, 5.41) is 5.82. The van der Waals surface area contributed by atoms with Gasteiger partial charge in [0.15, 0.2) is 5.82 Å². The van der Waals surface area contributed by atoms with Crippen LogP contribution in [0.1, 0.15) is 23.0 Å². The van der Waals surface area contributed by atoms with Gasteiger partial charge in [0.1, 0.15) is 0 Å². The van der Waals surface area contributed by atoms with E-state index in [-0.39, 0.29) is 18.1 Å². The molecule has 0 bridgehead atoms. The smallest absolute Gasteiger partial charge is 0.229 e. The lowest BCUT2D eigenvalue weighted by atomic mass is 10.0. The standard InChI is InChI=1S/C16H19N3O3S/c1-10-17-15(22-18-10)6-12-5-11-8-19(9-14(11)21-12)16(20)7-13-3-2-4-23-13/h2-4,11-12,14H,5-9H2,1H3/t11-,12-,14+/m0/s1. The first-order valence-electron chi connectivity index (χ1n) is 7.92. The van der Waals surface area contributed by atoms with Crippen LogP contribution in [0.25, 0.3) is 0 Å². The van der Waals surface area contributed by atoms with Gasteiger partial charge in [-0.15, -0.1) is 11.3 Å². The zero-order chi connectivity index (χ0) is 15.8. The molecule has 122 valence electrons. The van der Waals surface area contributed by atoms with Crippen molar-refractivity contribution in [2.75, 3.05) is 13.1 Å². The van der Waals surface area contributed by atoms with Gasteiger partial charge in [0, 0.05) is 23.9 Å². The molecule has 2 aliphatic rings. The predicted octanol–water partition coefficient (Wildman–Crippen LogP) is 1.84. The fraction of sp³-hybridized carbons (Fsp3) is 0.562. The Labute approximate surface area is 138 Å². The first-order chi connectivity index (χ1) is 11.2. The van der Waals surface area contributed by atoms with Crippen LogP contribution in [0.3, 0.4) is 0 Å². The van der Waals surface area contributed by atoms with Crippen molar-refractivity contribution in [3.63, 3.8) is 0 Å². The van der Waals surface area contributed by atoms with Crippen LogP contribution in [-0.4, -0.2) is 46.2 Å². The molecule has 1 amide bonds. The SMILES string of the molecule is Cc1noc(C[C@@H]2C[C@H]3CN(C(=O)Cc4cccs4)C[C@H]3O2)n1. The van der Waals surface area contributed by atoms with Gasteiger partial charge in [-0.25, -0.2) is 0 Å². The van der Waals surface area contributed by atoms with E-state index in [1.807, 2.05) is 29.3 Å². The normalized spacial score (nSPS) is 26.7. The molecule has 0 aromatic carbocycles. The summed E-state index contributed by atoms with van der Waals surface area (Å²) in [6.45, 7) is 3.32. The summed E-state index contributed by atoms with van der Waals surface area (Å²) in [5.74, 6) is 1.92. The minimum Gasteiger partial charge on any atom is -0.372 e. The summed E-state index contributed by atoms with van der Waals surface area (Å²) in [4.78, 5) is 19.7. The molecule has 0 spiro atoms. The molecule has 0 radical (unpaired) electrons. The van der Waals surface area contributed by atoms with Gasteiger partial charge in [-0.05, 0) is 24.8 Å². The Balaban J connectivity index is 1.30. The number of carbonyl (C=O) groups is 1. The van der Waals surface area contributed by atoms with Gasteiger partial charge in [0.05, 0.1) is 25.0 Å². The number of ether oxygens (including phenoxy) is 1. The molecule has 4 heterocycles. The van der Waals surface area contributed by atoms with Crippen molar-refractivity contribution in [2.24, 2.45) is 5.92 Å². The second-order valence-electron chi connectivity index (χ2n) is 6.29. The van der Waals surface area contributed by atoms with E-state index in [0.717, 1.165) is 17.8 Å². The number of nitrogens with zero attached hydrogens (tertiary/aromatic N) is 3. The molecule has 2 aromatic rings. The Bertz CT molecular complexity index is 671. The molecule has 2 aromatic heterocycles. The zero-order valence-corrected chi connectivity index (χ0v) is 13.8. The first-order valence-corrected chi connectivity index (χ1v) is 8.80. The topological polar surface area (TPSA) is 68.5 Å². The number of likely N-dealkylation sites (tertiary alicyclic amines) is 1. The van der Waals surface area contributed by atoms with E-state index in [0.29, 0.717) is 37.0 Å². The molecule has 2 fully saturated rings. The van der Waals surface area contributed by atoms with Crippen LogP contribution in [0, 0.1) is 12.8 Å². The van der Waals surface area contributed by atoms with Crippen LogP contribution in [-0.2, 0) is 22.4 Å². The van der Waals surface area contributed by atoms with E-state index < -0.39 is 0 Å². The van der Waals surface area contributed by atoms with Gasteiger partial charge in [-0.2, -0.15) is 4.98 Å². The quantitative estimate of drug-likeness (QED) is 0.854. The summed E-state index contributed by atoms with van der Waals surface area (Å²) in [7, 11) is 0. The predicted molar refractivity (Wildman–Crippen MR) is 84.1 cm³/mol. The summed E-state index contributed by atoms with van der Waals surface area (Å²) < 4.78 is 11.3. The number of aryl methyl sites for hydroxylation is 1. The average molecular weight is 333 g/mol. The monoisotopic (exact) mass is 333 g/mol. The van der Waals surface area contributed by atoms with Crippen LogP contribution in [0.15, 0.2) is 22.0 Å². The number of carbonyl (C=O) groups excluding carboxylic acids is 1. The van der Waals surface area contributed by atoms with Crippen LogP contribution < -0.4 is 0 Å². The van der Waals surface area contributed by atoms with E-state index in [4.69, 9.17) is 9.26 Å². The van der Waals surface area contributed by atoms with E-state index in [9.17, 15) is 4.79 Å². The molecular weight excluding hydrogens is 314 g/mol. The Morgan fingerprint density at radius 3 is 3.09 bits per heavy atom. The highest BCUT2D eigenvalue weighted by atomic mass is 32.1. The highest BCUT2D eigenvalue weighted by Crippen LogP contribution is 2.34. The Kier molecular flexibility index (Phi) is 3.90. The molecule has 4 rings (SSSR count). The molecule has 6 nitrogen and oxygen atoms in total. The number of aromatic nitrogens is 2. The minimum atomic E-state index is 0.124. The third-order valence-corrected chi connectivity index (χ3v) is 5.42. The van der Waals surface area contributed by atoms with Crippen molar-refractivity contribution in [1.29, 1.82) is 0 Å².